The van der Waals surface area contributed by atoms with Crippen molar-refractivity contribution in [2.45, 2.75) is 0 Å². The minimum absolute atomic E-state index is 1.24. The van der Waals surface area contributed by atoms with Crippen LogP contribution in [0.4, 0.5) is 0 Å². The summed E-state index contributed by atoms with van der Waals surface area (Å²) < 4.78 is 0. The van der Waals surface area contributed by atoms with Gasteiger partial charge in [0.2, 0.25) is 0 Å². The third-order valence-electron chi connectivity index (χ3n) is 7.00. The molecule has 0 bridgehead atoms. The van der Waals surface area contributed by atoms with E-state index in [-0.39, 0.29) is 0 Å². The van der Waals surface area contributed by atoms with Gasteiger partial charge in [0.15, 0.2) is 0 Å². The third-order valence-corrected chi connectivity index (χ3v) is 7.00. The van der Waals surface area contributed by atoms with E-state index in [2.05, 4.69) is 133 Å². The fourth-order valence-electron chi connectivity index (χ4n) is 5.35. The predicted molar refractivity (Wildman–Crippen MR) is 147 cm³/mol. The van der Waals surface area contributed by atoms with E-state index < -0.39 is 0 Å². The molecule has 7 aromatic carbocycles. The summed E-state index contributed by atoms with van der Waals surface area (Å²) in [6.07, 6.45) is 0. The van der Waals surface area contributed by atoms with E-state index in [0.29, 0.717) is 0 Å². The second-order valence-electron chi connectivity index (χ2n) is 9.00. The van der Waals surface area contributed by atoms with E-state index >= 15 is 0 Å². The van der Waals surface area contributed by atoms with Gasteiger partial charge in [0.1, 0.15) is 0 Å². The first kappa shape index (κ1) is 19.1. The van der Waals surface area contributed by atoms with Crippen molar-refractivity contribution in [2.24, 2.45) is 0 Å². The fraction of sp³-hybridized carbons (Fsp3) is 0. The van der Waals surface area contributed by atoms with Crippen LogP contribution in [0, 0.1) is 0 Å². The zero-order chi connectivity index (χ0) is 22.5. The van der Waals surface area contributed by atoms with Crippen LogP contribution in [0.15, 0.2) is 133 Å². The lowest BCUT2D eigenvalue weighted by molar-refractivity contribution is 1.64. The number of benzene rings is 7. The molecule has 0 aliphatic rings. The number of rotatable bonds is 2. The van der Waals surface area contributed by atoms with Crippen molar-refractivity contribution in [1.82, 2.24) is 0 Å². The summed E-state index contributed by atoms with van der Waals surface area (Å²) in [5, 5.41) is 10.3. The largest absolute Gasteiger partial charge is 0.0622 e. The van der Waals surface area contributed by atoms with E-state index in [1.807, 2.05) is 0 Å². The maximum absolute atomic E-state index is 2.36. The molecule has 0 heteroatoms. The molecular weight excluding hydrogens is 408 g/mol. The highest BCUT2D eigenvalue weighted by molar-refractivity contribution is 6.15. The molecule has 0 unspecified atom stereocenters. The zero-order valence-electron chi connectivity index (χ0n) is 18.7. The number of hydrogen-bond donors (Lipinski definition) is 0. The van der Waals surface area contributed by atoms with Crippen LogP contribution in [0.2, 0.25) is 0 Å². The Hall–Kier alpha value is -4.42. The molecule has 0 atom stereocenters. The molecule has 158 valence electrons. The highest BCUT2D eigenvalue weighted by Gasteiger charge is 2.12. The zero-order valence-corrected chi connectivity index (χ0v) is 18.7. The van der Waals surface area contributed by atoms with Gasteiger partial charge >= 0.3 is 0 Å². The van der Waals surface area contributed by atoms with Crippen LogP contribution in [0.25, 0.3) is 65.3 Å². The molecule has 0 radical (unpaired) electrons. The van der Waals surface area contributed by atoms with E-state index in [9.17, 15) is 0 Å². The van der Waals surface area contributed by atoms with Gasteiger partial charge in [-0.1, -0.05) is 115 Å². The summed E-state index contributed by atoms with van der Waals surface area (Å²) in [4.78, 5) is 0. The molecule has 7 rings (SSSR count). The summed E-state index contributed by atoms with van der Waals surface area (Å²) in [6, 6.07) is 48.6. The Bertz CT molecular complexity index is 1840. The predicted octanol–water partition coefficient (Wildman–Crippen LogP) is 9.63. The second-order valence-corrected chi connectivity index (χ2v) is 9.00. The number of hydrogen-bond acceptors (Lipinski definition) is 0. The summed E-state index contributed by atoms with van der Waals surface area (Å²) >= 11 is 0. The molecule has 0 heterocycles. The van der Waals surface area contributed by atoms with Crippen molar-refractivity contribution in [3.8, 4) is 22.3 Å². The SMILES string of the molecule is c1ccc(-c2ccc3cc4ccccc4c(-c4ccc5c(ccc6ccccc65)c4)c3c2)cc1. The van der Waals surface area contributed by atoms with Crippen molar-refractivity contribution < 1.29 is 0 Å². The van der Waals surface area contributed by atoms with Crippen molar-refractivity contribution >= 4 is 43.1 Å². The molecular formula is C34H22. The van der Waals surface area contributed by atoms with Crippen molar-refractivity contribution in [3.63, 3.8) is 0 Å². The molecule has 0 N–H and O–H groups in total. The smallest absolute Gasteiger partial charge is 0.00264 e. The van der Waals surface area contributed by atoms with Crippen LogP contribution >= 0.6 is 0 Å². The molecule has 0 saturated carbocycles. The quantitative estimate of drug-likeness (QED) is 0.189. The topological polar surface area (TPSA) is 0 Å². The van der Waals surface area contributed by atoms with E-state index in [1.54, 1.807) is 0 Å². The van der Waals surface area contributed by atoms with E-state index in [0.717, 1.165) is 0 Å². The summed E-state index contributed by atoms with van der Waals surface area (Å²) in [6.45, 7) is 0. The molecule has 0 spiro atoms. The molecule has 0 saturated heterocycles. The Labute approximate surface area is 198 Å². The second kappa shape index (κ2) is 7.57. The van der Waals surface area contributed by atoms with Gasteiger partial charge in [-0.3, -0.25) is 0 Å². The molecule has 7 aromatic rings. The number of fused-ring (bicyclic) bond motifs is 5. The Morgan fingerprint density at radius 2 is 0.853 bits per heavy atom. The highest BCUT2D eigenvalue weighted by Crippen LogP contribution is 2.40. The van der Waals surface area contributed by atoms with Crippen LogP contribution in [0.5, 0.6) is 0 Å². The monoisotopic (exact) mass is 430 g/mol. The molecule has 0 fully saturated rings. The minimum Gasteiger partial charge on any atom is -0.0622 e. The van der Waals surface area contributed by atoms with Gasteiger partial charge in [-0.05, 0) is 83.5 Å². The van der Waals surface area contributed by atoms with Crippen molar-refractivity contribution in [1.29, 1.82) is 0 Å². The molecule has 0 nitrogen and oxygen atoms in total. The molecule has 0 aliphatic carbocycles. The summed E-state index contributed by atoms with van der Waals surface area (Å²) in [5.41, 5.74) is 5.06. The lowest BCUT2D eigenvalue weighted by Crippen LogP contribution is -1.88. The average molecular weight is 431 g/mol. The molecule has 0 aliphatic heterocycles. The van der Waals surface area contributed by atoms with Gasteiger partial charge in [0, 0.05) is 0 Å². The fourth-order valence-corrected chi connectivity index (χ4v) is 5.35. The Morgan fingerprint density at radius 3 is 1.74 bits per heavy atom. The molecule has 0 amide bonds. The van der Waals surface area contributed by atoms with Crippen LogP contribution < -0.4 is 0 Å². The van der Waals surface area contributed by atoms with Gasteiger partial charge in [-0.25, -0.2) is 0 Å². The first-order chi connectivity index (χ1) is 16.8. The summed E-state index contributed by atoms with van der Waals surface area (Å²) in [7, 11) is 0. The maximum atomic E-state index is 2.36. The minimum atomic E-state index is 1.24. The average Bonchev–Trinajstić information content (AvgIpc) is 2.91. The van der Waals surface area contributed by atoms with Crippen LogP contribution in [0.1, 0.15) is 0 Å². The Kier molecular flexibility index (Phi) is 4.25. The van der Waals surface area contributed by atoms with E-state index in [1.165, 1.54) is 65.3 Å². The van der Waals surface area contributed by atoms with Crippen LogP contribution in [-0.4, -0.2) is 0 Å². The van der Waals surface area contributed by atoms with Crippen molar-refractivity contribution in [2.75, 3.05) is 0 Å². The van der Waals surface area contributed by atoms with Gasteiger partial charge in [-0.2, -0.15) is 0 Å². The standard InChI is InChI=1S/C34H22/c1-2-8-23(9-3-1)25-15-17-28-20-26-11-5-7-13-32(26)34(33(28)22-25)29-18-19-31-27(21-29)16-14-24-10-4-6-12-30(24)31/h1-22H. The first-order valence-electron chi connectivity index (χ1n) is 11.8. The van der Waals surface area contributed by atoms with Crippen molar-refractivity contribution in [3.05, 3.63) is 133 Å². The van der Waals surface area contributed by atoms with Gasteiger partial charge < -0.3 is 0 Å². The Balaban J connectivity index is 1.55. The lowest BCUT2D eigenvalue weighted by atomic mass is 9.89. The van der Waals surface area contributed by atoms with Gasteiger partial charge in [0.25, 0.3) is 0 Å². The lowest BCUT2D eigenvalue weighted by Gasteiger charge is -2.15. The van der Waals surface area contributed by atoms with Crippen LogP contribution in [0.3, 0.4) is 0 Å². The third kappa shape index (κ3) is 3.00. The Morgan fingerprint density at radius 1 is 0.265 bits per heavy atom. The van der Waals surface area contributed by atoms with E-state index in [4.69, 9.17) is 0 Å². The first-order valence-corrected chi connectivity index (χ1v) is 11.8. The van der Waals surface area contributed by atoms with Gasteiger partial charge in [-0.15, -0.1) is 0 Å². The van der Waals surface area contributed by atoms with Crippen LogP contribution in [-0.2, 0) is 0 Å². The molecule has 0 aromatic heterocycles. The maximum Gasteiger partial charge on any atom is -0.00264 e. The normalized spacial score (nSPS) is 11.5. The summed E-state index contributed by atoms with van der Waals surface area (Å²) in [5.74, 6) is 0. The molecule has 34 heavy (non-hydrogen) atoms. The highest BCUT2D eigenvalue weighted by atomic mass is 14.2. The van der Waals surface area contributed by atoms with Gasteiger partial charge in [0.05, 0.1) is 0 Å².